The van der Waals surface area contributed by atoms with Crippen molar-refractivity contribution in [3.8, 4) is 11.1 Å². The van der Waals surface area contributed by atoms with Crippen LogP contribution in [0.15, 0.2) is 54.3 Å². The van der Waals surface area contributed by atoms with Crippen LogP contribution in [0.2, 0.25) is 0 Å². The lowest BCUT2D eigenvalue weighted by Gasteiger charge is -2.33. The summed E-state index contributed by atoms with van der Waals surface area (Å²) in [6, 6.07) is 10.9. The van der Waals surface area contributed by atoms with Crippen LogP contribution in [-0.2, 0) is 24.3 Å². The molecule has 1 fully saturated rings. The van der Waals surface area contributed by atoms with Gasteiger partial charge >= 0.3 is 0 Å². The van der Waals surface area contributed by atoms with Crippen molar-refractivity contribution in [1.29, 1.82) is 0 Å². The molecular formula is C31H32FN7O2S. The summed E-state index contributed by atoms with van der Waals surface area (Å²) in [5.74, 6) is -1.24. The molecule has 1 saturated heterocycles. The number of piperidine rings is 1. The van der Waals surface area contributed by atoms with Crippen molar-refractivity contribution in [3.63, 3.8) is 0 Å². The van der Waals surface area contributed by atoms with E-state index in [4.69, 9.17) is 0 Å². The zero-order valence-electron chi connectivity index (χ0n) is 23.3. The van der Waals surface area contributed by atoms with Gasteiger partial charge in [0, 0.05) is 59.8 Å². The maximum absolute atomic E-state index is 15.6. The molecule has 2 N–H and O–H groups in total. The zero-order chi connectivity index (χ0) is 28.8. The highest BCUT2D eigenvalue weighted by molar-refractivity contribution is 7.13. The molecule has 0 bridgehead atoms. The van der Waals surface area contributed by atoms with Crippen LogP contribution >= 0.6 is 11.3 Å². The van der Waals surface area contributed by atoms with E-state index < -0.39 is 17.8 Å². The van der Waals surface area contributed by atoms with Crippen LogP contribution in [0.3, 0.4) is 0 Å². The van der Waals surface area contributed by atoms with Crippen molar-refractivity contribution in [2.75, 3.05) is 30.4 Å². The highest BCUT2D eigenvalue weighted by atomic mass is 32.1. The summed E-state index contributed by atoms with van der Waals surface area (Å²) in [6.45, 7) is 2.78. The number of halogens is 1. The molecule has 0 radical (unpaired) electrons. The lowest BCUT2D eigenvalue weighted by Crippen LogP contribution is -2.41. The molecule has 42 heavy (non-hydrogen) atoms. The minimum absolute atomic E-state index is 0.00988. The summed E-state index contributed by atoms with van der Waals surface area (Å²) in [4.78, 5) is 40.1. The SMILES string of the molecule is CNC1CCN(c2ccc(-c3cc(F)c4c(c3)C(=O)N(C(C(=O)Nc3nccs3)c3ncn5c3CCC5)C4)cc2)CC1. The zero-order valence-corrected chi connectivity index (χ0v) is 24.2. The molecule has 216 valence electrons. The smallest absolute Gasteiger partial charge is 0.255 e. The Morgan fingerprint density at radius 2 is 1.90 bits per heavy atom. The molecule has 1 unspecified atom stereocenters. The topological polar surface area (TPSA) is 95.4 Å². The Labute approximate surface area is 247 Å². The molecule has 3 aliphatic rings. The van der Waals surface area contributed by atoms with Gasteiger partial charge < -0.3 is 19.7 Å². The lowest BCUT2D eigenvalue weighted by atomic mass is 9.99. The van der Waals surface area contributed by atoms with Crippen LogP contribution in [0.4, 0.5) is 15.2 Å². The molecule has 0 aliphatic carbocycles. The minimum atomic E-state index is -1.00. The molecule has 0 spiro atoms. The predicted molar refractivity (Wildman–Crippen MR) is 160 cm³/mol. The number of rotatable bonds is 7. The van der Waals surface area contributed by atoms with Crippen LogP contribution in [-0.4, -0.2) is 57.4 Å². The van der Waals surface area contributed by atoms with Crippen LogP contribution in [0, 0.1) is 5.82 Å². The first kappa shape index (κ1) is 26.8. The number of fused-ring (bicyclic) bond motifs is 2. The van der Waals surface area contributed by atoms with E-state index in [9.17, 15) is 9.59 Å². The van der Waals surface area contributed by atoms with Crippen molar-refractivity contribution in [1.82, 2.24) is 24.8 Å². The average molecular weight is 586 g/mol. The van der Waals surface area contributed by atoms with Gasteiger partial charge in [0.1, 0.15) is 5.82 Å². The van der Waals surface area contributed by atoms with E-state index in [2.05, 4.69) is 37.6 Å². The molecule has 11 heteroatoms. The van der Waals surface area contributed by atoms with Crippen molar-refractivity contribution >= 4 is 34.0 Å². The molecule has 9 nitrogen and oxygen atoms in total. The summed E-state index contributed by atoms with van der Waals surface area (Å²) < 4.78 is 17.7. The number of nitrogens with zero attached hydrogens (tertiary/aromatic N) is 5. The second-order valence-corrected chi connectivity index (χ2v) is 12.0. The second-order valence-electron chi connectivity index (χ2n) is 11.1. The molecule has 2 amide bonds. The minimum Gasteiger partial charge on any atom is -0.371 e. The maximum atomic E-state index is 15.6. The first-order valence-electron chi connectivity index (χ1n) is 14.4. The summed E-state index contributed by atoms with van der Waals surface area (Å²) in [6.07, 6.45) is 7.24. The van der Waals surface area contributed by atoms with Gasteiger partial charge in [-0.3, -0.25) is 14.9 Å². The normalized spacial score (nSPS) is 17.4. The number of aryl methyl sites for hydroxylation is 1. The number of amides is 2. The van der Waals surface area contributed by atoms with Crippen LogP contribution in [0.1, 0.15) is 52.6 Å². The van der Waals surface area contributed by atoms with E-state index in [0.29, 0.717) is 28.0 Å². The fraction of sp³-hybridized carbons (Fsp3) is 0.355. The number of nitrogens with one attached hydrogen (secondary N) is 2. The van der Waals surface area contributed by atoms with E-state index >= 15 is 4.39 Å². The van der Waals surface area contributed by atoms with Crippen molar-refractivity contribution in [2.24, 2.45) is 0 Å². The first-order chi connectivity index (χ1) is 20.5. The number of hydrogen-bond donors (Lipinski definition) is 2. The van der Waals surface area contributed by atoms with Crippen molar-refractivity contribution in [3.05, 3.63) is 82.6 Å². The fourth-order valence-electron chi connectivity index (χ4n) is 6.46. The number of imidazole rings is 1. The van der Waals surface area contributed by atoms with Gasteiger partial charge in [0.25, 0.3) is 11.8 Å². The first-order valence-corrected chi connectivity index (χ1v) is 15.3. The monoisotopic (exact) mass is 585 g/mol. The molecule has 2 aromatic carbocycles. The number of thiazole rings is 1. The largest absolute Gasteiger partial charge is 0.371 e. The van der Waals surface area contributed by atoms with Crippen LogP contribution < -0.4 is 15.5 Å². The number of carbonyl (C=O) groups excluding carboxylic acids is 2. The van der Waals surface area contributed by atoms with Gasteiger partial charge in [0.15, 0.2) is 11.2 Å². The Hall–Kier alpha value is -4.09. The predicted octanol–water partition coefficient (Wildman–Crippen LogP) is 4.62. The summed E-state index contributed by atoms with van der Waals surface area (Å²) in [5.41, 5.74) is 4.67. The number of anilines is 2. The van der Waals surface area contributed by atoms with E-state index in [-0.39, 0.29) is 18.0 Å². The van der Waals surface area contributed by atoms with E-state index in [1.807, 2.05) is 23.7 Å². The molecule has 0 saturated carbocycles. The molecule has 7 rings (SSSR count). The molecule has 4 aromatic rings. The van der Waals surface area contributed by atoms with Gasteiger partial charge in [-0.1, -0.05) is 12.1 Å². The Morgan fingerprint density at radius 1 is 1.10 bits per heavy atom. The number of hydrogen-bond acceptors (Lipinski definition) is 7. The van der Waals surface area contributed by atoms with E-state index in [1.54, 1.807) is 24.0 Å². The Morgan fingerprint density at radius 3 is 2.64 bits per heavy atom. The molecule has 3 aliphatic heterocycles. The molecular weight excluding hydrogens is 553 g/mol. The Balaban J connectivity index is 1.17. The summed E-state index contributed by atoms with van der Waals surface area (Å²) in [5, 5.41) is 8.40. The lowest BCUT2D eigenvalue weighted by molar-refractivity contribution is -0.121. The van der Waals surface area contributed by atoms with Gasteiger partial charge in [0.05, 0.1) is 18.6 Å². The van der Waals surface area contributed by atoms with Crippen LogP contribution in [0.5, 0.6) is 0 Å². The fourth-order valence-corrected chi connectivity index (χ4v) is 6.99. The quantitative estimate of drug-likeness (QED) is 0.329. The third-order valence-corrected chi connectivity index (χ3v) is 9.45. The van der Waals surface area contributed by atoms with Crippen molar-refractivity contribution in [2.45, 2.75) is 50.9 Å². The second kappa shape index (κ2) is 11.0. The Kier molecular flexibility index (Phi) is 6.99. The standard InChI is InChI=1S/C31H32FN7O2S/c1-33-21-8-12-37(13-9-21)22-6-4-19(5-7-22)20-15-23-24(25(32)16-20)17-39(30(23)41)28(29(40)36-31-34-10-14-42-31)27-26-3-2-11-38(26)18-35-27/h4-7,10,14-16,18,21,28,33H,2-3,8-9,11-13,17H2,1H3,(H,34,36,40). The number of carbonyl (C=O) groups is 2. The third-order valence-electron chi connectivity index (χ3n) is 8.76. The van der Waals surface area contributed by atoms with Gasteiger partial charge in [-0.25, -0.2) is 14.4 Å². The molecule has 5 heterocycles. The van der Waals surface area contributed by atoms with Gasteiger partial charge in [-0.2, -0.15) is 0 Å². The summed E-state index contributed by atoms with van der Waals surface area (Å²) in [7, 11) is 2.01. The number of aromatic nitrogens is 3. The van der Waals surface area contributed by atoms with Crippen LogP contribution in [0.25, 0.3) is 11.1 Å². The van der Waals surface area contributed by atoms with Gasteiger partial charge in [0.2, 0.25) is 0 Å². The summed E-state index contributed by atoms with van der Waals surface area (Å²) >= 11 is 1.30. The van der Waals surface area contributed by atoms with Gasteiger partial charge in [-0.15, -0.1) is 11.3 Å². The van der Waals surface area contributed by atoms with Gasteiger partial charge in [-0.05, 0) is 68.1 Å². The third kappa shape index (κ3) is 4.76. The van der Waals surface area contributed by atoms with E-state index in [0.717, 1.165) is 62.3 Å². The average Bonchev–Trinajstić information content (AvgIpc) is 3.82. The molecule has 1 atom stereocenters. The Bertz CT molecular complexity index is 1630. The number of benzene rings is 2. The highest BCUT2D eigenvalue weighted by Gasteiger charge is 2.42. The maximum Gasteiger partial charge on any atom is 0.255 e. The van der Waals surface area contributed by atoms with E-state index in [1.165, 1.54) is 22.3 Å². The highest BCUT2D eigenvalue weighted by Crippen LogP contribution is 2.38. The molecule has 2 aromatic heterocycles. The van der Waals surface area contributed by atoms with Crippen molar-refractivity contribution < 1.29 is 14.0 Å².